The van der Waals surface area contributed by atoms with Gasteiger partial charge in [-0.3, -0.25) is 4.79 Å². The number of nitrogens with one attached hydrogen (secondary N) is 1. The van der Waals surface area contributed by atoms with Gasteiger partial charge in [0.1, 0.15) is 11.6 Å². The summed E-state index contributed by atoms with van der Waals surface area (Å²) in [4.78, 5) is 12.1. The predicted octanol–water partition coefficient (Wildman–Crippen LogP) is 3.57. The Morgan fingerprint density at radius 3 is 2.57 bits per heavy atom. The van der Waals surface area contributed by atoms with E-state index in [1.54, 1.807) is 6.07 Å². The molecule has 2 aromatic carbocycles. The van der Waals surface area contributed by atoms with Crippen LogP contribution in [0.1, 0.15) is 10.4 Å². The van der Waals surface area contributed by atoms with Crippen molar-refractivity contribution < 1.29 is 18.3 Å². The van der Waals surface area contributed by atoms with Gasteiger partial charge in [0.15, 0.2) is 5.82 Å². The maximum absolute atomic E-state index is 13.7. The number of anilines is 2. The van der Waals surface area contributed by atoms with Crippen LogP contribution < -0.4 is 15.8 Å². The van der Waals surface area contributed by atoms with Gasteiger partial charge >= 0.3 is 0 Å². The standard InChI is InChI=1S/C14H11BrF2N2O2/c1-21-10-3-7(2-9(18)6-10)14(20)19-13-11(15)4-8(16)5-12(13)17/h2-6H,18H2,1H3,(H,19,20). The van der Waals surface area contributed by atoms with Gasteiger partial charge in [0.2, 0.25) is 0 Å². The molecule has 21 heavy (non-hydrogen) atoms. The van der Waals surface area contributed by atoms with Crippen LogP contribution >= 0.6 is 15.9 Å². The van der Waals surface area contributed by atoms with Gasteiger partial charge in [-0.05, 0) is 34.1 Å². The fourth-order valence-corrected chi connectivity index (χ4v) is 2.23. The zero-order valence-electron chi connectivity index (χ0n) is 10.9. The number of amides is 1. The average molecular weight is 357 g/mol. The van der Waals surface area contributed by atoms with E-state index in [-0.39, 0.29) is 15.7 Å². The Hall–Kier alpha value is -2.15. The summed E-state index contributed by atoms with van der Waals surface area (Å²) >= 11 is 3.00. The van der Waals surface area contributed by atoms with Crippen LogP contribution in [0.5, 0.6) is 5.75 Å². The molecule has 0 spiro atoms. The van der Waals surface area contributed by atoms with Crippen LogP contribution in [0.25, 0.3) is 0 Å². The molecule has 0 aliphatic heterocycles. The lowest BCUT2D eigenvalue weighted by atomic mass is 10.1. The molecule has 0 saturated heterocycles. The molecule has 0 saturated carbocycles. The second-order valence-electron chi connectivity index (χ2n) is 4.19. The number of benzene rings is 2. The van der Waals surface area contributed by atoms with Gasteiger partial charge in [0.05, 0.1) is 12.8 Å². The number of carbonyl (C=O) groups excluding carboxylic acids is 1. The lowest BCUT2D eigenvalue weighted by Gasteiger charge is -2.10. The minimum atomic E-state index is -0.883. The highest BCUT2D eigenvalue weighted by Gasteiger charge is 2.15. The molecule has 0 aromatic heterocycles. The van der Waals surface area contributed by atoms with Crippen LogP contribution in [0.4, 0.5) is 20.2 Å². The largest absolute Gasteiger partial charge is 0.497 e. The van der Waals surface area contributed by atoms with Gasteiger partial charge in [-0.1, -0.05) is 0 Å². The molecule has 4 nitrogen and oxygen atoms in total. The first-order chi connectivity index (χ1) is 9.90. The van der Waals surface area contributed by atoms with Gasteiger partial charge in [-0.15, -0.1) is 0 Å². The van der Waals surface area contributed by atoms with Crippen LogP contribution in [0.2, 0.25) is 0 Å². The number of ether oxygens (including phenoxy) is 1. The number of nitrogen functional groups attached to an aromatic ring is 1. The van der Waals surface area contributed by atoms with Crippen molar-refractivity contribution in [3.63, 3.8) is 0 Å². The van der Waals surface area contributed by atoms with Crippen molar-refractivity contribution in [1.29, 1.82) is 0 Å². The van der Waals surface area contributed by atoms with Crippen molar-refractivity contribution in [3.05, 3.63) is 52.0 Å². The quantitative estimate of drug-likeness (QED) is 0.826. The number of carbonyl (C=O) groups is 1. The molecule has 0 unspecified atom stereocenters. The van der Waals surface area contributed by atoms with E-state index in [1.165, 1.54) is 19.2 Å². The van der Waals surface area contributed by atoms with Crippen molar-refractivity contribution >= 4 is 33.2 Å². The number of methoxy groups -OCH3 is 1. The summed E-state index contributed by atoms with van der Waals surface area (Å²) in [6.07, 6.45) is 0. The lowest BCUT2D eigenvalue weighted by Crippen LogP contribution is -2.14. The lowest BCUT2D eigenvalue weighted by molar-refractivity contribution is 0.102. The number of nitrogens with two attached hydrogens (primary N) is 1. The third kappa shape index (κ3) is 3.49. The van der Waals surface area contributed by atoms with Crippen LogP contribution in [-0.2, 0) is 0 Å². The van der Waals surface area contributed by atoms with Crippen LogP contribution in [0.3, 0.4) is 0 Å². The Bertz CT molecular complexity index is 684. The summed E-state index contributed by atoms with van der Waals surface area (Å²) < 4.78 is 31.8. The van der Waals surface area contributed by atoms with Crippen molar-refractivity contribution in [2.24, 2.45) is 0 Å². The molecule has 0 aliphatic rings. The fraction of sp³-hybridized carbons (Fsp3) is 0.0714. The fourth-order valence-electron chi connectivity index (χ4n) is 1.72. The number of hydrogen-bond donors (Lipinski definition) is 2. The monoisotopic (exact) mass is 356 g/mol. The molecule has 2 aromatic rings. The second kappa shape index (κ2) is 6.09. The highest BCUT2D eigenvalue weighted by atomic mass is 79.9. The highest BCUT2D eigenvalue weighted by Crippen LogP contribution is 2.28. The first-order valence-corrected chi connectivity index (χ1v) is 6.60. The zero-order chi connectivity index (χ0) is 15.6. The summed E-state index contributed by atoms with van der Waals surface area (Å²) in [6, 6.07) is 6.17. The van der Waals surface area contributed by atoms with Gasteiger partial charge < -0.3 is 15.8 Å². The zero-order valence-corrected chi connectivity index (χ0v) is 12.5. The summed E-state index contributed by atoms with van der Waals surface area (Å²) in [5.41, 5.74) is 6.03. The number of rotatable bonds is 3. The molecular weight excluding hydrogens is 346 g/mol. The Kier molecular flexibility index (Phi) is 4.42. The Morgan fingerprint density at radius 2 is 1.95 bits per heavy atom. The molecule has 0 fully saturated rings. The molecule has 1 amide bonds. The predicted molar refractivity (Wildman–Crippen MR) is 79.4 cm³/mol. The van der Waals surface area contributed by atoms with E-state index in [0.717, 1.165) is 6.07 Å². The van der Waals surface area contributed by atoms with Crippen molar-refractivity contribution in [2.45, 2.75) is 0 Å². The molecule has 0 bridgehead atoms. The van der Waals surface area contributed by atoms with Gasteiger partial charge in [0.25, 0.3) is 5.91 Å². The van der Waals surface area contributed by atoms with E-state index in [0.29, 0.717) is 17.5 Å². The van der Waals surface area contributed by atoms with E-state index >= 15 is 0 Å². The van der Waals surface area contributed by atoms with Crippen molar-refractivity contribution in [2.75, 3.05) is 18.2 Å². The van der Waals surface area contributed by atoms with Gasteiger partial charge in [-0.25, -0.2) is 8.78 Å². The SMILES string of the molecule is COc1cc(N)cc(C(=O)Nc2c(F)cc(F)cc2Br)c1. The van der Waals surface area contributed by atoms with Gasteiger partial charge in [-0.2, -0.15) is 0 Å². The first-order valence-electron chi connectivity index (χ1n) is 5.81. The molecule has 0 aliphatic carbocycles. The van der Waals surface area contributed by atoms with E-state index in [9.17, 15) is 13.6 Å². The molecular formula is C14H11BrF2N2O2. The maximum Gasteiger partial charge on any atom is 0.255 e. The van der Waals surface area contributed by atoms with Crippen molar-refractivity contribution in [3.8, 4) is 5.75 Å². The molecule has 7 heteroatoms. The second-order valence-corrected chi connectivity index (χ2v) is 5.05. The van der Waals surface area contributed by atoms with Crippen LogP contribution in [0, 0.1) is 11.6 Å². The first kappa shape index (κ1) is 15.2. The van der Waals surface area contributed by atoms with E-state index in [2.05, 4.69) is 21.2 Å². The van der Waals surface area contributed by atoms with Gasteiger partial charge in [0, 0.05) is 27.9 Å². The average Bonchev–Trinajstić information content (AvgIpc) is 2.41. The number of hydrogen-bond acceptors (Lipinski definition) is 3. The highest BCUT2D eigenvalue weighted by molar-refractivity contribution is 9.10. The molecule has 0 atom stereocenters. The minimum absolute atomic E-state index is 0.101. The number of halogens is 3. The molecule has 3 N–H and O–H groups in total. The Morgan fingerprint density at radius 1 is 1.24 bits per heavy atom. The van der Waals surface area contributed by atoms with Crippen LogP contribution in [0.15, 0.2) is 34.8 Å². The minimum Gasteiger partial charge on any atom is -0.497 e. The molecule has 0 radical (unpaired) electrons. The van der Waals surface area contributed by atoms with Crippen LogP contribution in [-0.4, -0.2) is 13.0 Å². The third-order valence-electron chi connectivity index (χ3n) is 2.67. The smallest absolute Gasteiger partial charge is 0.255 e. The molecule has 0 heterocycles. The third-order valence-corrected chi connectivity index (χ3v) is 3.30. The van der Waals surface area contributed by atoms with Crippen molar-refractivity contribution in [1.82, 2.24) is 0 Å². The topological polar surface area (TPSA) is 64.3 Å². The maximum atomic E-state index is 13.7. The Balaban J connectivity index is 2.32. The van der Waals surface area contributed by atoms with E-state index < -0.39 is 17.5 Å². The summed E-state index contributed by atoms with van der Waals surface area (Å²) in [5.74, 6) is -1.82. The summed E-state index contributed by atoms with van der Waals surface area (Å²) in [6.45, 7) is 0. The summed E-state index contributed by atoms with van der Waals surface area (Å²) in [7, 11) is 1.44. The molecule has 110 valence electrons. The van der Waals surface area contributed by atoms with E-state index in [4.69, 9.17) is 10.5 Å². The Labute approximate surface area is 128 Å². The normalized spacial score (nSPS) is 10.3. The molecule has 2 rings (SSSR count). The van der Waals surface area contributed by atoms with E-state index in [1.807, 2.05) is 0 Å². The summed E-state index contributed by atoms with van der Waals surface area (Å²) in [5, 5.41) is 2.36.